The average molecular weight is 378 g/mol. The van der Waals surface area contributed by atoms with E-state index in [4.69, 9.17) is 28.5 Å². The third-order valence-corrected chi connectivity index (χ3v) is 7.27. The monoisotopic (exact) mass is 377 g/mol. The Balaban J connectivity index is 1.55. The van der Waals surface area contributed by atoms with Crippen LogP contribution in [0.4, 0.5) is 0 Å². The summed E-state index contributed by atoms with van der Waals surface area (Å²) in [7, 11) is 0. The van der Waals surface area contributed by atoms with Gasteiger partial charge in [0.2, 0.25) is 0 Å². The summed E-state index contributed by atoms with van der Waals surface area (Å²) in [5.74, 6) is 3.43. The molecule has 0 aromatic heterocycles. The fourth-order valence-electron chi connectivity index (χ4n) is 5.22. The highest BCUT2D eigenvalue weighted by Gasteiger charge is 2.31. The molecule has 136 valence electrons. The highest BCUT2D eigenvalue weighted by atomic mass is 35.5. The highest BCUT2D eigenvalue weighted by molar-refractivity contribution is 6.36. The summed E-state index contributed by atoms with van der Waals surface area (Å²) in [5.41, 5.74) is 1.63. The third kappa shape index (κ3) is 4.53. The summed E-state index contributed by atoms with van der Waals surface area (Å²) >= 11 is 12.5. The van der Waals surface area contributed by atoms with Gasteiger partial charge in [-0.15, -0.1) is 0 Å². The summed E-state index contributed by atoms with van der Waals surface area (Å²) < 4.78 is 0. The van der Waals surface area contributed by atoms with Crippen molar-refractivity contribution in [2.75, 3.05) is 0 Å². The Morgan fingerprint density at radius 1 is 0.920 bits per heavy atom. The zero-order chi connectivity index (χ0) is 17.8. The molecule has 3 rings (SSSR count). The van der Waals surface area contributed by atoms with Gasteiger partial charge in [0.1, 0.15) is 6.07 Å². The van der Waals surface area contributed by atoms with Crippen LogP contribution in [0.5, 0.6) is 0 Å². The lowest BCUT2D eigenvalue weighted by Gasteiger charge is -2.38. The van der Waals surface area contributed by atoms with Crippen LogP contribution in [0.1, 0.15) is 88.2 Å². The Labute approximate surface area is 162 Å². The zero-order valence-corrected chi connectivity index (χ0v) is 16.8. The van der Waals surface area contributed by atoms with E-state index in [2.05, 4.69) is 13.0 Å². The number of nitrogens with zero attached hydrogens (tertiary/aromatic N) is 1. The number of hydrogen-bond donors (Lipinski definition) is 0. The van der Waals surface area contributed by atoms with Crippen molar-refractivity contribution >= 4 is 23.2 Å². The van der Waals surface area contributed by atoms with E-state index in [-0.39, 0.29) is 0 Å². The molecule has 0 aliphatic heterocycles. The predicted octanol–water partition coefficient (Wildman–Crippen LogP) is 7.75. The Bertz CT molecular complexity index is 594. The van der Waals surface area contributed by atoms with Crippen molar-refractivity contribution in [3.8, 4) is 6.07 Å². The van der Waals surface area contributed by atoms with Crippen LogP contribution < -0.4 is 0 Å². The van der Waals surface area contributed by atoms with Crippen LogP contribution in [-0.2, 0) is 0 Å². The molecule has 2 aliphatic carbocycles. The SMILES string of the molecule is CCC[C@H]1CC[C@H](C2CCC(c3cc(Cl)c(C#N)c(Cl)c3)CC2)CC1. The number of benzene rings is 1. The second-order valence-corrected chi connectivity index (χ2v) is 8.97. The molecule has 3 heteroatoms. The maximum atomic E-state index is 9.11. The molecule has 2 fully saturated rings. The lowest BCUT2D eigenvalue weighted by atomic mass is 9.68. The van der Waals surface area contributed by atoms with E-state index >= 15 is 0 Å². The van der Waals surface area contributed by atoms with Crippen LogP contribution in [0.15, 0.2) is 12.1 Å². The second kappa shape index (κ2) is 8.79. The van der Waals surface area contributed by atoms with Crippen molar-refractivity contribution in [2.45, 2.75) is 77.0 Å². The van der Waals surface area contributed by atoms with Gasteiger partial charge in [-0.1, -0.05) is 55.8 Å². The number of halogens is 2. The van der Waals surface area contributed by atoms with Gasteiger partial charge in [-0.05, 0) is 79.9 Å². The van der Waals surface area contributed by atoms with Crippen molar-refractivity contribution in [3.63, 3.8) is 0 Å². The molecule has 1 aromatic rings. The number of nitriles is 1. The van der Waals surface area contributed by atoms with Gasteiger partial charge in [0.25, 0.3) is 0 Å². The molecule has 2 saturated carbocycles. The fraction of sp³-hybridized carbons (Fsp3) is 0.682. The average Bonchev–Trinajstić information content (AvgIpc) is 2.62. The van der Waals surface area contributed by atoms with E-state index in [1.165, 1.54) is 69.8 Å². The van der Waals surface area contributed by atoms with E-state index in [1.54, 1.807) is 0 Å². The summed E-state index contributed by atoms with van der Waals surface area (Å²) in [4.78, 5) is 0. The van der Waals surface area contributed by atoms with Crippen molar-refractivity contribution < 1.29 is 0 Å². The maximum absolute atomic E-state index is 9.11. The van der Waals surface area contributed by atoms with Gasteiger partial charge in [0.15, 0.2) is 0 Å². The van der Waals surface area contributed by atoms with Gasteiger partial charge in [-0.25, -0.2) is 0 Å². The van der Waals surface area contributed by atoms with Gasteiger partial charge < -0.3 is 0 Å². The van der Waals surface area contributed by atoms with Gasteiger partial charge in [0, 0.05) is 0 Å². The van der Waals surface area contributed by atoms with Crippen molar-refractivity contribution in [1.82, 2.24) is 0 Å². The van der Waals surface area contributed by atoms with Crippen LogP contribution >= 0.6 is 23.2 Å². The van der Waals surface area contributed by atoms with Crippen molar-refractivity contribution in [3.05, 3.63) is 33.3 Å². The van der Waals surface area contributed by atoms with E-state index < -0.39 is 0 Å². The molecule has 0 bridgehead atoms. The second-order valence-electron chi connectivity index (χ2n) is 8.15. The van der Waals surface area contributed by atoms with Crippen LogP contribution in [0.25, 0.3) is 0 Å². The van der Waals surface area contributed by atoms with Crippen molar-refractivity contribution in [1.29, 1.82) is 5.26 Å². The van der Waals surface area contributed by atoms with Crippen LogP contribution in [0, 0.1) is 29.1 Å². The molecule has 1 aromatic carbocycles. The van der Waals surface area contributed by atoms with Crippen molar-refractivity contribution in [2.24, 2.45) is 17.8 Å². The van der Waals surface area contributed by atoms with Crippen LogP contribution in [0.3, 0.4) is 0 Å². The standard InChI is InChI=1S/C22H29Cl2N/c1-2-3-15-4-6-16(7-5-15)17-8-10-18(11-9-17)19-12-21(23)20(14-25)22(24)13-19/h12-13,15-18H,2-11H2,1H3/t15-,16-,17?,18?. The van der Waals surface area contributed by atoms with Crippen LogP contribution in [0.2, 0.25) is 10.0 Å². The third-order valence-electron chi connectivity index (χ3n) is 6.67. The molecule has 1 nitrogen and oxygen atoms in total. The molecule has 25 heavy (non-hydrogen) atoms. The van der Waals surface area contributed by atoms with Crippen LogP contribution in [-0.4, -0.2) is 0 Å². The molecule has 0 unspecified atom stereocenters. The summed E-state index contributed by atoms with van der Waals surface area (Å²) in [6, 6.07) is 6.02. The highest BCUT2D eigenvalue weighted by Crippen LogP contribution is 2.45. The Kier molecular flexibility index (Phi) is 6.70. The molecule has 0 spiro atoms. The minimum Gasteiger partial charge on any atom is -0.192 e. The summed E-state index contributed by atoms with van der Waals surface area (Å²) in [5, 5.41) is 10.1. The molecule has 0 heterocycles. The molecular weight excluding hydrogens is 349 g/mol. The van der Waals surface area contributed by atoms with Gasteiger partial charge in [0.05, 0.1) is 15.6 Å². The number of rotatable bonds is 4. The molecule has 0 atom stereocenters. The molecule has 0 amide bonds. The maximum Gasteiger partial charge on any atom is 0.102 e. The molecule has 0 N–H and O–H groups in total. The molecular formula is C22H29Cl2N. The quantitative estimate of drug-likeness (QED) is 0.525. The zero-order valence-electron chi connectivity index (χ0n) is 15.2. The van der Waals surface area contributed by atoms with Gasteiger partial charge >= 0.3 is 0 Å². The predicted molar refractivity (Wildman–Crippen MR) is 106 cm³/mol. The first kappa shape index (κ1) is 19.1. The molecule has 2 aliphatic rings. The smallest absolute Gasteiger partial charge is 0.102 e. The Hall–Kier alpha value is -0.710. The molecule has 0 radical (unpaired) electrons. The van der Waals surface area contributed by atoms with E-state index in [0.29, 0.717) is 21.5 Å². The first-order valence-electron chi connectivity index (χ1n) is 10.0. The van der Waals surface area contributed by atoms with E-state index in [1.807, 2.05) is 12.1 Å². The normalized spacial score (nSPS) is 30.0. The first-order valence-corrected chi connectivity index (χ1v) is 10.8. The first-order chi connectivity index (χ1) is 12.1. The lowest BCUT2D eigenvalue weighted by Crippen LogP contribution is -2.25. The number of hydrogen-bond acceptors (Lipinski definition) is 1. The topological polar surface area (TPSA) is 23.8 Å². The van der Waals surface area contributed by atoms with Gasteiger partial charge in [-0.2, -0.15) is 5.26 Å². The fourth-order valence-corrected chi connectivity index (χ4v) is 5.80. The minimum absolute atomic E-state index is 0.407. The Morgan fingerprint density at radius 2 is 1.44 bits per heavy atom. The van der Waals surface area contributed by atoms with E-state index in [0.717, 1.165) is 17.8 Å². The Morgan fingerprint density at radius 3 is 1.92 bits per heavy atom. The largest absolute Gasteiger partial charge is 0.192 e. The lowest BCUT2D eigenvalue weighted by molar-refractivity contribution is 0.156. The minimum atomic E-state index is 0.407. The molecule has 0 saturated heterocycles. The summed E-state index contributed by atoms with van der Waals surface area (Å²) in [6.45, 7) is 2.31. The van der Waals surface area contributed by atoms with Gasteiger partial charge in [-0.3, -0.25) is 0 Å². The summed E-state index contributed by atoms with van der Waals surface area (Å²) in [6.07, 6.45) is 13.7. The van der Waals surface area contributed by atoms with E-state index in [9.17, 15) is 0 Å².